The third-order valence-corrected chi connectivity index (χ3v) is 9.49. The lowest BCUT2D eigenvalue weighted by Crippen LogP contribution is -2.54. The van der Waals surface area contributed by atoms with Gasteiger partial charge in [-0.1, -0.05) is 13.8 Å². The van der Waals surface area contributed by atoms with E-state index in [0.29, 0.717) is 17.4 Å². The van der Waals surface area contributed by atoms with E-state index in [0.717, 1.165) is 30.8 Å². The first-order valence-electron chi connectivity index (χ1n) is 11.1. The van der Waals surface area contributed by atoms with Gasteiger partial charge in [0, 0.05) is 6.61 Å². The van der Waals surface area contributed by atoms with Crippen molar-refractivity contribution in [2.75, 3.05) is 6.61 Å². The number of hydrogen-bond acceptors (Lipinski definition) is 4. The Labute approximate surface area is 158 Å². The van der Waals surface area contributed by atoms with Gasteiger partial charge in [0.2, 0.25) is 0 Å². The van der Waals surface area contributed by atoms with Crippen LogP contribution < -0.4 is 0 Å². The first-order chi connectivity index (χ1) is 12.5. The fraction of sp³-hybridized carbons (Fsp3) is 1.00. The van der Waals surface area contributed by atoms with Crippen molar-refractivity contribution in [2.24, 2.45) is 34.5 Å². The Morgan fingerprint density at radius 1 is 1.00 bits per heavy atom. The zero-order valence-electron chi connectivity index (χ0n) is 16.7. The monoisotopic (exact) mass is 362 g/mol. The highest BCUT2D eigenvalue weighted by molar-refractivity contribution is 6.35. The molecule has 0 amide bonds. The predicted molar refractivity (Wildman–Crippen MR) is 100 cm³/mol. The highest BCUT2D eigenvalue weighted by atomic mass is 16.7. The Bertz CT molecular complexity index is 558. The summed E-state index contributed by atoms with van der Waals surface area (Å²) in [5.41, 5.74) is 0.686. The molecule has 0 unspecified atom stereocenters. The number of hydrogen-bond donors (Lipinski definition) is 1. The van der Waals surface area contributed by atoms with Gasteiger partial charge in [-0.25, -0.2) is 0 Å². The molecule has 5 fully saturated rings. The molecule has 1 saturated heterocycles. The molecule has 1 aliphatic heterocycles. The number of fused-ring (bicyclic) bond motifs is 7. The molecule has 0 aromatic carbocycles. The minimum atomic E-state index is -0.998. The Balaban J connectivity index is 1.37. The maximum atomic E-state index is 9.78. The van der Waals surface area contributed by atoms with E-state index in [2.05, 4.69) is 20.8 Å². The molecule has 26 heavy (non-hydrogen) atoms. The van der Waals surface area contributed by atoms with Gasteiger partial charge in [-0.2, -0.15) is 0 Å². The van der Waals surface area contributed by atoms with Crippen LogP contribution in [-0.4, -0.2) is 37.3 Å². The molecule has 5 heteroatoms. The van der Waals surface area contributed by atoms with Gasteiger partial charge in [0.1, 0.15) is 0 Å². The molecule has 5 aliphatic rings. The molecule has 146 valence electrons. The van der Waals surface area contributed by atoms with E-state index in [4.69, 9.17) is 14.0 Å². The van der Waals surface area contributed by atoms with Crippen molar-refractivity contribution in [3.05, 3.63) is 0 Å². The standard InChI is InChI=1S/C21H35BO4/c1-4-24-14-7-9-20(2)13(11-14)5-6-15-16(20)8-10-21(3)17(15)12-18-19(21)26-22(23)25-18/h13-19,23H,4-12H2,1-3H3/t13-,14-,15-,16+,17+,18+,19+,20-,21-/m0/s1. The molecule has 0 radical (unpaired) electrons. The van der Waals surface area contributed by atoms with E-state index in [1.54, 1.807) is 0 Å². The summed E-state index contributed by atoms with van der Waals surface area (Å²) in [5.74, 6) is 3.21. The third-order valence-electron chi connectivity index (χ3n) is 9.49. The molecular weight excluding hydrogens is 327 g/mol. The van der Waals surface area contributed by atoms with Crippen molar-refractivity contribution in [1.82, 2.24) is 0 Å². The van der Waals surface area contributed by atoms with Crippen LogP contribution in [0.1, 0.15) is 72.1 Å². The summed E-state index contributed by atoms with van der Waals surface area (Å²) in [6.07, 6.45) is 10.9. The molecule has 0 aromatic heterocycles. The molecule has 4 aliphatic carbocycles. The van der Waals surface area contributed by atoms with Gasteiger partial charge in [0.05, 0.1) is 18.3 Å². The van der Waals surface area contributed by atoms with Crippen molar-refractivity contribution in [3.63, 3.8) is 0 Å². The summed E-state index contributed by atoms with van der Waals surface area (Å²) in [6, 6.07) is 0. The van der Waals surface area contributed by atoms with Crippen LogP contribution in [0.15, 0.2) is 0 Å². The summed E-state index contributed by atoms with van der Waals surface area (Å²) in [4.78, 5) is 0. The molecule has 1 N–H and O–H groups in total. The lowest BCUT2D eigenvalue weighted by atomic mass is 9.45. The zero-order chi connectivity index (χ0) is 18.1. The van der Waals surface area contributed by atoms with Crippen molar-refractivity contribution in [2.45, 2.75) is 90.4 Å². The summed E-state index contributed by atoms with van der Waals surface area (Å²) in [6.45, 7) is 8.01. The van der Waals surface area contributed by atoms with Crippen LogP contribution in [0.2, 0.25) is 0 Å². The molecule has 4 nitrogen and oxygen atoms in total. The molecule has 9 atom stereocenters. The van der Waals surface area contributed by atoms with Crippen LogP contribution >= 0.6 is 0 Å². The highest BCUT2D eigenvalue weighted by Crippen LogP contribution is 2.67. The maximum Gasteiger partial charge on any atom is 0.637 e. The van der Waals surface area contributed by atoms with Crippen molar-refractivity contribution < 1.29 is 19.1 Å². The van der Waals surface area contributed by atoms with Crippen LogP contribution in [0, 0.1) is 34.5 Å². The molecule has 1 heterocycles. The summed E-state index contributed by atoms with van der Waals surface area (Å²) in [7, 11) is -0.998. The second-order valence-electron chi connectivity index (χ2n) is 10.3. The fourth-order valence-corrected chi connectivity index (χ4v) is 8.23. The predicted octanol–water partition coefficient (Wildman–Crippen LogP) is 3.81. The average Bonchev–Trinajstić information content (AvgIpc) is 3.10. The second kappa shape index (κ2) is 6.20. The number of rotatable bonds is 2. The van der Waals surface area contributed by atoms with E-state index < -0.39 is 7.32 Å². The second-order valence-corrected chi connectivity index (χ2v) is 10.3. The highest BCUT2D eigenvalue weighted by Gasteiger charge is 2.65. The largest absolute Gasteiger partial charge is 0.637 e. The lowest BCUT2D eigenvalue weighted by Gasteiger charge is -2.61. The zero-order valence-corrected chi connectivity index (χ0v) is 16.7. The molecular formula is C21H35BO4. The van der Waals surface area contributed by atoms with Gasteiger partial charge in [-0.3, -0.25) is 0 Å². The Kier molecular flexibility index (Phi) is 4.29. The maximum absolute atomic E-state index is 9.78. The normalized spacial score (nSPS) is 55.8. The summed E-state index contributed by atoms with van der Waals surface area (Å²) >= 11 is 0. The van der Waals surface area contributed by atoms with E-state index in [1.165, 1.54) is 44.9 Å². The molecule has 4 saturated carbocycles. The van der Waals surface area contributed by atoms with Crippen LogP contribution in [0.4, 0.5) is 0 Å². The topological polar surface area (TPSA) is 47.9 Å². The van der Waals surface area contributed by atoms with Crippen LogP contribution in [-0.2, 0) is 14.0 Å². The average molecular weight is 362 g/mol. The molecule has 0 aromatic rings. The first-order valence-corrected chi connectivity index (χ1v) is 11.1. The van der Waals surface area contributed by atoms with Gasteiger partial charge in [-0.15, -0.1) is 0 Å². The van der Waals surface area contributed by atoms with Crippen LogP contribution in [0.5, 0.6) is 0 Å². The van der Waals surface area contributed by atoms with E-state index in [9.17, 15) is 5.02 Å². The van der Waals surface area contributed by atoms with Crippen LogP contribution in [0.25, 0.3) is 0 Å². The lowest BCUT2D eigenvalue weighted by molar-refractivity contribution is -0.138. The Morgan fingerprint density at radius 3 is 2.62 bits per heavy atom. The van der Waals surface area contributed by atoms with Gasteiger partial charge in [-0.05, 0) is 92.8 Å². The molecule has 5 rings (SSSR count). The Morgan fingerprint density at radius 2 is 1.81 bits per heavy atom. The van der Waals surface area contributed by atoms with Gasteiger partial charge >= 0.3 is 7.32 Å². The fourth-order valence-electron chi connectivity index (χ4n) is 8.23. The van der Waals surface area contributed by atoms with Gasteiger partial charge in [0.15, 0.2) is 0 Å². The van der Waals surface area contributed by atoms with Crippen LogP contribution in [0.3, 0.4) is 0 Å². The first kappa shape index (κ1) is 18.0. The van der Waals surface area contributed by atoms with E-state index in [1.807, 2.05) is 0 Å². The van der Waals surface area contributed by atoms with E-state index >= 15 is 0 Å². The van der Waals surface area contributed by atoms with Gasteiger partial charge < -0.3 is 19.1 Å². The van der Waals surface area contributed by atoms with Crippen molar-refractivity contribution in [1.29, 1.82) is 0 Å². The van der Waals surface area contributed by atoms with Gasteiger partial charge in [0.25, 0.3) is 0 Å². The molecule has 0 spiro atoms. The van der Waals surface area contributed by atoms with Crippen molar-refractivity contribution in [3.8, 4) is 0 Å². The summed E-state index contributed by atoms with van der Waals surface area (Å²) in [5, 5.41) is 9.78. The quantitative estimate of drug-likeness (QED) is 0.759. The van der Waals surface area contributed by atoms with Crippen molar-refractivity contribution >= 4 is 7.32 Å². The third kappa shape index (κ3) is 2.43. The molecule has 0 bridgehead atoms. The Hall–Kier alpha value is -0.0951. The SMILES string of the molecule is CCO[C@H]1CC[C@@]2(C)[C@@H](CC[C@H]3[C@H]2CC[C@@]2(C)[C@@H]3C[C@H]3OB(O)O[C@H]32)C1. The number of ether oxygens (including phenoxy) is 1. The van der Waals surface area contributed by atoms with E-state index in [-0.39, 0.29) is 17.6 Å². The minimum Gasteiger partial charge on any atom is -0.402 e. The smallest absolute Gasteiger partial charge is 0.402 e. The minimum absolute atomic E-state index is 0.0997. The summed E-state index contributed by atoms with van der Waals surface area (Å²) < 4.78 is 17.5.